The van der Waals surface area contributed by atoms with Crippen LogP contribution in [-0.2, 0) is 6.54 Å². The van der Waals surface area contributed by atoms with E-state index in [2.05, 4.69) is 20.2 Å². The number of piperidine rings is 1. The van der Waals surface area contributed by atoms with Crippen molar-refractivity contribution in [1.82, 2.24) is 20.2 Å². The molecule has 2 fully saturated rings. The summed E-state index contributed by atoms with van der Waals surface area (Å²) in [6.45, 7) is 5.88. The van der Waals surface area contributed by atoms with E-state index in [4.69, 9.17) is 0 Å². The molecule has 1 aromatic carbocycles. The van der Waals surface area contributed by atoms with Gasteiger partial charge in [0.05, 0.1) is 11.3 Å². The van der Waals surface area contributed by atoms with E-state index in [0.717, 1.165) is 48.9 Å². The van der Waals surface area contributed by atoms with Crippen LogP contribution in [0.25, 0.3) is 0 Å². The molecule has 1 aromatic heterocycles. The van der Waals surface area contributed by atoms with Gasteiger partial charge >= 0.3 is 0 Å². The molecule has 1 amide bonds. The molecule has 0 unspecified atom stereocenters. The smallest absolute Gasteiger partial charge is 0.254 e. The fourth-order valence-corrected chi connectivity index (χ4v) is 3.90. The Bertz CT molecular complexity index is 780. The second kappa shape index (κ2) is 8.17. The van der Waals surface area contributed by atoms with E-state index in [9.17, 15) is 4.79 Å². The van der Waals surface area contributed by atoms with E-state index < -0.39 is 0 Å². The first kappa shape index (κ1) is 18.1. The Hall–Kier alpha value is -2.27. The van der Waals surface area contributed by atoms with E-state index in [-0.39, 0.29) is 5.91 Å². The summed E-state index contributed by atoms with van der Waals surface area (Å²) in [5.41, 5.74) is 2.66. The number of hydrogen-bond donors (Lipinski definition) is 1. The SMILES string of the molecule is Cc1ncc(C(=O)NCc2ccccc2)c(C2CCN(CC3CC3)CC2)n1. The van der Waals surface area contributed by atoms with Crippen molar-refractivity contribution >= 4 is 5.91 Å². The molecule has 0 bridgehead atoms. The van der Waals surface area contributed by atoms with Gasteiger partial charge in [-0.25, -0.2) is 9.97 Å². The van der Waals surface area contributed by atoms with Gasteiger partial charge < -0.3 is 10.2 Å². The highest BCUT2D eigenvalue weighted by Crippen LogP contribution is 2.33. The zero-order chi connectivity index (χ0) is 18.6. The minimum Gasteiger partial charge on any atom is -0.348 e. The van der Waals surface area contributed by atoms with Crippen LogP contribution in [-0.4, -0.2) is 40.4 Å². The molecule has 1 N–H and O–H groups in total. The average molecular weight is 364 g/mol. The number of nitrogens with zero attached hydrogens (tertiary/aromatic N) is 3. The van der Waals surface area contributed by atoms with Crippen molar-refractivity contribution in [2.24, 2.45) is 5.92 Å². The van der Waals surface area contributed by atoms with Crippen molar-refractivity contribution in [3.05, 3.63) is 59.2 Å². The van der Waals surface area contributed by atoms with E-state index in [1.807, 2.05) is 37.3 Å². The molecule has 1 saturated heterocycles. The summed E-state index contributed by atoms with van der Waals surface area (Å²) in [6, 6.07) is 9.98. The number of amides is 1. The summed E-state index contributed by atoms with van der Waals surface area (Å²) < 4.78 is 0. The monoisotopic (exact) mass is 364 g/mol. The van der Waals surface area contributed by atoms with Crippen LogP contribution >= 0.6 is 0 Å². The van der Waals surface area contributed by atoms with Gasteiger partial charge in [-0.3, -0.25) is 4.79 Å². The Balaban J connectivity index is 1.43. The van der Waals surface area contributed by atoms with Crippen LogP contribution in [0, 0.1) is 12.8 Å². The van der Waals surface area contributed by atoms with Gasteiger partial charge in [0.25, 0.3) is 5.91 Å². The maximum Gasteiger partial charge on any atom is 0.254 e. The molecule has 0 radical (unpaired) electrons. The number of nitrogens with one attached hydrogen (secondary N) is 1. The molecule has 2 aliphatic rings. The second-order valence-electron chi connectivity index (χ2n) is 7.90. The summed E-state index contributed by atoms with van der Waals surface area (Å²) in [5.74, 6) is 1.95. The van der Waals surface area contributed by atoms with E-state index >= 15 is 0 Å². The quantitative estimate of drug-likeness (QED) is 0.854. The Kier molecular flexibility index (Phi) is 5.48. The lowest BCUT2D eigenvalue weighted by Crippen LogP contribution is -2.35. The number of rotatable bonds is 6. The molecule has 4 rings (SSSR count). The molecule has 27 heavy (non-hydrogen) atoms. The topological polar surface area (TPSA) is 58.1 Å². The number of hydrogen-bond acceptors (Lipinski definition) is 4. The second-order valence-corrected chi connectivity index (χ2v) is 7.90. The molecule has 142 valence electrons. The molecule has 1 aliphatic carbocycles. The number of aryl methyl sites for hydroxylation is 1. The minimum atomic E-state index is -0.0748. The predicted molar refractivity (Wildman–Crippen MR) is 106 cm³/mol. The Morgan fingerprint density at radius 3 is 2.59 bits per heavy atom. The third-order valence-corrected chi connectivity index (χ3v) is 5.67. The summed E-state index contributed by atoms with van der Waals surface area (Å²) in [7, 11) is 0. The maximum absolute atomic E-state index is 12.8. The molecule has 2 aromatic rings. The zero-order valence-electron chi connectivity index (χ0n) is 16.0. The number of carbonyl (C=O) groups excluding carboxylic acids is 1. The molecule has 1 aliphatic heterocycles. The summed E-state index contributed by atoms with van der Waals surface area (Å²) in [4.78, 5) is 24.4. The van der Waals surface area contributed by atoms with Crippen LogP contribution in [0.2, 0.25) is 0 Å². The van der Waals surface area contributed by atoms with Crippen LogP contribution in [0.3, 0.4) is 0 Å². The number of aromatic nitrogens is 2. The molecule has 1 saturated carbocycles. The molecule has 2 heterocycles. The van der Waals surface area contributed by atoms with E-state index in [0.29, 0.717) is 18.0 Å². The lowest BCUT2D eigenvalue weighted by molar-refractivity contribution is 0.0947. The van der Waals surface area contributed by atoms with Crippen molar-refractivity contribution in [3.63, 3.8) is 0 Å². The average Bonchev–Trinajstić information content (AvgIpc) is 3.51. The first-order valence-corrected chi connectivity index (χ1v) is 10.1. The highest BCUT2D eigenvalue weighted by Gasteiger charge is 2.29. The minimum absolute atomic E-state index is 0.0748. The third kappa shape index (κ3) is 4.72. The van der Waals surface area contributed by atoms with Gasteiger partial charge in [0.15, 0.2) is 0 Å². The van der Waals surface area contributed by atoms with Crippen molar-refractivity contribution < 1.29 is 4.79 Å². The fraction of sp³-hybridized carbons (Fsp3) is 0.500. The van der Waals surface area contributed by atoms with Crippen LogP contribution in [0.1, 0.15) is 59.0 Å². The van der Waals surface area contributed by atoms with Gasteiger partial charge in [0.2, 0.25) is 0 Å². The van der Waals surface area contributed by atoms with Gasteiger partial charge in [-0.2, -0.15) is 0 Å². The molecule has 5 nitrogen and oxygen atoms in total. The molecule has 0 atom stereocenters. The van der Waals surface area contributed by atoms with Gasteiger partial charge in [-0.05, 0) is 57.2 Å². The lowest BCUT2D eigenvalue weighted by atomic mass is 9.90. The number of benzene rings is 1. The van der Waals surface area contributed by atoms with Gasteiger partial charge in [0, 0.05) is 25.2 Å². The Labute approximate surface area is 161 Å². The highest BCUT2D eigenvalue weighted by molar-refractivity contribution is 5.95. The first-order chi connectivity index (χ1) is 13.2. The summed E-state index contributed by atoms with van der Waals surface area (Å²) in [5, 5.41) is 3.03. The molecule has 0 spiro atoms. The third-order valence-electron chi connectivity index (χ3n) is 5.67. The van der Waals surface area contributed by atoms with Crippen LogP contribution in [0.5, 0.6) is 0 Å². The fourth-order valence-electron chi connectivity index (χ4n) is 3.90. The van der Waals surface area contributed by atoms with Crippen LogP contribution < -0.4 is 5.32 Å². The van der Waals surface area contributed by atoms with Crippen molar-refractivity contribution in [2.45, 2.75) is 45.1 Å². The number of carbonyl (C=O) groups is 1. The molecular weight excluding hydrogens is 336 g/mol. The Morgan fingerprint density at radius 2 is 1.89 bits per heavy atom. The lowest BCUT2D eigenvalue weighted by Gasteiger charge is -2.32. The molecule has 5 heteroatoms. The maximum atomic E-state index is 12.8. The van der Waals surface area contributed by atoms with Gasteiger partial charge in [-0.15, -0.1) is 0 Å². The zero-order valence-corrected chi connectivity index (χ0v) is 16.0. The van der Waals surface area contributed by atoms with Crippen molar-refractivity contribution in [3.8, 4) is 0 Å². The summed E-state index contributed by atoms with van der Waals surface area (Å²) >= 11 is 0. The standard InChI is InChI=1S/C22H28N4O/c1-16-23-14-20(22(27)24-13-17-5-3-2-4-6-17)21(25-16)19-9-11-26(12-10-19)15-18-7-8-18/h2-6,14,18-19H,7-13,15H2,1H3,(H,24,27). The van der Waals surface area contributed by atoms with Crippen molar-refractivity contribution in [2.75, 3.05) is 19.6 Å². The summed E-state index contributed by atoms with van der Waals surface area (Å²) in [6.07, 6.45) is 6.65. The predicted octanol–water partition coefficient (Wildman–Crippen LogP) is 3.30. The van der Waals surface area contributed by atoms with Crippen LogP contribution in [0.4, 0.5) is 0 Å². The van der Waals surface area contributed by atoms with Crippen molar-refractivity contribution in [1.29, 1.82) is 0 Å². The number of likely N-dealkylation sites (tertiary alicyclic amines) is 1. The highest BCUT2D eigenvalue weighted by atomic mass is 16.1. The normalized spacial score (nSPS) is 18.4. The first-order valence-electron chi connectivity index (χ1n) is 10.1. The van der Waals surface area contributed by atoms with Gasteiger partial charge in [-0.1, -0.05) is 30.3 Å². The Morgan fingerprint density at radius 1 is 1.15 bits per heavy atom. The van der Waals surface area contributed by atoms with E-state index in [1.165, 1.54) is 19.4 Å². The largest absolute Gasteiger partial charge is 0.348 e. The van der Waals surface area contributed by atoms with Gasteiger partial charge in [0.1, 0.15) is 5.82 Å². The van der Waals surface area contributed by atoms with Crippen LogP contribution in [0.15, 0.2) is 36.5 Å². The van der Waals surface area contributed by atoms with E-state index in [1.54, 1.807) is 6.20 Å². The molecular formula is C22H28N4O.